The van der Waals surface area contributed by atoms with Crippen molar-refractivity contribution >= 4 is 0 Å². The molecular formula is C13H22N4. The van der Waals surface area contributed by atoms with E-state index in [9.17, 15) is 0 Å². The molecule has 17 heavy (non-hydrogen) atoms. The van der Waals surface area contributed by atoms with Crippen molar-refractivity contribution in [3.05, 3.63) is 18.2 Å². The second-order valence-electron chi connectivity index (χ2n) is 5.60. The topological polar surface area (TPSA) is 35.2 Å². The summed E-state index contributed by atoms with van der Waals surface area (Å²) in [5.74, 6) is 2.07. The summed E-state index contributed by atoms with van der Waals surface area (Å²) >= 11 is 0. The van der Waals surface area contributed by atoms with Crippen molar-refractivity contribution < 1.29 is 0 Å². The van der Waals surface area contributed by atoms with E-state index in [0.717, 1.165) is 30.9 Å². The number of rotatable bonds is 5. The molecule has 0 spiro atoms. The van der Waals surface area contributed by atoms with Crippen LogP contribution in [-0.4, -0.2) is 52.5 Å². The largest absolute Gasteiger partial charge is 0.348 e. The Labute approximate surface area is 103 Å². The minimum atomic E-state index is 0.900. The van der Waals surface area contributed by atoms with Gasteiger partial charge in [0, 0.05) is 38.1 Å². The number of hydrogen-bond donors (Lipinski definition) is 1. The van der Waals surface area contributed by atoms with Gasteiger partial charge in [-0.05, 0) is 32.2 Å². The first-order valence-electron chi connectivity index (χ1n) is 6.72. The highest BCUT2D eigenvalue weighted by atomic mass is 15.2. The summed E-state index contributed by atoms with van der Waals surface area (Å²) in [6, 6.07) is 0.900. The van der Waals surface area contributed by atoms with E-state index in [0.29, 0.717) is 0 Å². The molecule has 1 aliphatic heterocycles. The second kappa shape index (κ2) is 4.78. The number of imidazole rings is 1. The molecule has 3 rings (SSSR count). The maximum Gasteiger partial charge on any atom is 0.120 e. The summed E-state index contributed by atoms with van der Waals surface area (Å²) < 4.78 is 0. The first-order valence-corrected chi connectivity index (χ1v) is 6.72. The standard InChI is InChI=1S/C13H22N4/c1-16(10-13-14-4-5-15-13)6-7-17-9-11-2-3-12(17)8-11/h4-5,11-12H,2-3,6-10H2,1H3,(H,14,15)/t11-,12+/m0/s1. The summed E-state index contributed by atoms with van der Waals surface area (Å²) in [6.45, 7) is 4.64. The molecule has 2 fully saturated rings. The van der Waals surface area contributed by atoms with E-state index in [1.165, 1.54) is 32.4 Å². The number of likely N-dealkylation sites (N-methyl/N-ethyl adjacent to an activating group) is 1. The second-order valence-corrected chi connectivity index (χ2v) is 5.60. The SMILES string of the molecule is CN(CCN1C[C@H]2CC[C@@H]1C2)Cc1ncc[nH]1. The number of likely N-dealkylation sites (tertiary alicyclic amines) is 1. The average molecular weight is 234 g/mol. The molecule has 0 radical (unpaired) electrons. The van der Waals surface area contributed by atoms with Crippen molar-refractivity contribution in [3.8, 4) is 0 Å². The third-order valence-electron chi connectivity index (χ3n) is 4.27. The van der Waals surface area contributed by atoms with Crippen LogP contribution in [0.2, 0.25) is 0 Å². The molecule has 0 unspecified atom stereocenters. The molecule has 4 nitrogen and oxygen atoms in total. The average Bonchev–Trinajstić information content (AvgIpc) is 3.02. The highest BCUT2D eigenvalue weighted by Gasteiger charge is 2.37. The number of H-pyrrole nitrogens is 1. The van der Waals surface area contributed by atoms with Crippen LogP contribution in [0.3, 0.4) is 0 Å². The number of aromatic amines is 1. The molecule has 2 bridgehead atoms. The van der Waals surface area contributed by atoms with Crippen LogP contribution in [-0.2, 0) is 6.54 Å². The molecule has 2 atom stereocenters. The van der Waals surface area contributed by atoms with Gasteiger partial charge in [-0.2, -0.15) is 0 Å². The molecule has 2 aliphatic rings. The summed E-state index contributed by atoms with van der Waals surface area (Å²) in [4.78, 5) is 12.5. The minimum absolute atomic E-state index is 0.900. The lowest BCUT2D eigenvalue weighted by atomic mass is 10.1. The lowest BCUT2D eigenvalue weighted by molar-refractivity contribution is 0.181. The minimum Gasteiger partial charge on any atom is -0.348 e. The van der Waals surface area contributed by atoms with E-state index in [4.69, 9.17) is 0 Å². The fourth-order valence-electron chi connectivity index (χ4n) is 3.32. The predicted octanol–water partition coefficient (Wildman–Crippen LogP) is 1.33. The van der Waals surface area contributed by atoms with Crippen LogP contribution in [0.15, 0.2) is 12.4 Å². The van der Waals surface area contributed by atoms with Crippen LogP contribution in [0.5, 0.6) is 0 Å². The summed E-state index contributed by atoms with van der Waals surface area (Å²) in [6.07, 6.45) is 8.09. The van der Waals surface area contributed by atoms with E-state index in [2.05, 4.69) is 26.8 Å². The van der Waals surface area contributed by atoms with Gasteiger partial charge in [0.1, 0.15) is 5.82 Å². The Balaban J connectivity index is 1.42. The molecule has 1 saturated heterocycles. The van der Waals surface area contributed by atoms with Crippen molar-refractivity contribution in [2.24, 2.45) is 5.92 Å². The molecule has 1 aliphatic carbocycles. The smallest absolute Gasteiger partial charge is 0.120 e. The fraction of sp³-hybridized carbons (Fsp3) is 0.769. The van der Waals surface area contributed by atoms with Gasteiger partial charge in [0.25, 0.3) is 0 Å². The van der Waals surface area contributed by atoms with Crippen molar-refractivity contribution in [1.82, 2.24) is 19.8 Å². The van der Waals surface area contributed by atoms with E-state index < -0.39 is 0 Å². The maximum atomic E-state index is 4.26. The molecule has 94 valence electrons. The highest BCUT2D eigenvalue weighted by molar-refractivity contribution is 4.92. The number of piperidine rings is 1. The van der Waals surface area contributed by atoms with Gasteiger partial charge in [-0.15, -0.1) is 0 Å². The molecule has 0 amide bonds. The predicted molar refractivity (Wildman–Crippen MR) is 67.6 cm³/mol. The Morgan fingerprint density at radius 2 is 2.47 bits per heavy atom. The van der Waals surface area contributed by atoms with Gasteiger partial charge in [0.2, 0.25) is 0 Å². The lowest BCUT2D eigenvalue weighted by Crippen LogP contribution is -2.38. The van der Waals surface area contributed by atoms with E-state index in [-0.39, 0.29) is 0 Å². The van der Waals surface area contributed by atoms with Gasteiger partial charge in [-0.3, -0.25) is 9.80 Å². The first-order chi connectivity index (χ1) is 8.31. The van der Waals surface area contributed by atoms with Crippen LogP contribution < -0.4 is 0 Å². The van der Waals surface area contributed by atoms with E-state index in [1.54, 1.807) is 0 Å². The van der Waals surface area contributed by atoms with Crippen LogP contribution in [0.1, 0.15) is 25.1 Å². The zero-order valence-electron chi connectivity index (χ0n) is 10.6. The molecule has 1 saturated carbocycles. The Bertz CT molecular complexity index is 348. The number of hydrogen-bond acceptors (Lipinski definition) is 3. The third-order valence-corrected chi connectivity index (χ3v) is 4.27. The van der Waals surface area contributed by atoms with Gasteiger partial charge in [0.05, 0.1) is 6.54 Å². The zero-order valence-corrected chi connectivity index (χ0v) is 10.6. The van der Waals surface area contributed by atoms with Crippen LogP contribution >= 0.6 is 0 Å². The molecular weight excluding hydrogens is 212 g/mol. The Morgan fingerprint density at radius 3 is 3.12 bits per heavy atom. The fourth-order valence-corrected chi connectivity index (χ4v) is 3.32. The van der Waals surface area contributed by atoms with Crippen molar-refractivity contribution in [2.45, 2.75) is 31.8 Å². The van der Waals surface area contributed by atoms with Gasteiger partial charge >= 0.3 is 0 Å². The first kappa shape index (κ1) is 11.2. The van der Waals surface area contributed by atoms with Gasteiger partial charge in [-0.25, -0.2) is 4.98 Å². The van der Waals surface area contributed by atoms with Gasteiger partial charge in [-0.1, -0.05) is 0 Å². The van der Waals surface area contributed by atoms with Crippen molar-refractivity contribution in [2.75, 3.05) is 26.7 Å². The zero-order chi connectivity index (χ0) is 11.7. The monoisotopic (exact) mass is 234 g/mol. The molecule has 1 N–H and O–H groups in total. The van der Waals surface area contributed by atoms with E-state index in [1.807, 2.05) is 12.4 Å². The molecule has 4 heteroatoms. The van der Waals surface area contributed by atoms with Crippen LogP contribution in [0.25, 0.3) is 0 Å². The maximum absolute atomic E-state index is 4.26. The highest BCUT2D eigenvalue weighted by Crippen LogP contribution is 2.36. The lowest BCUT2D eigenvalue weighted by Gasteiger charge is -2.28. The summed E-state index contributed by atoms with van der Waals surface area (Å²) in [5.41, 5.74) is 0. The Kier molecular flexibility index (Phi) is 3.16. The number of fused-ring (bicyclic) bond motifs is 2. The quantitative estimate of drug-likeness (QED) is 0.834. The third kappa shape index (κ3) is 2.53. The molecule has 2 heterocycles. The van der Waals surface area contributed by atoms with Crippen LogP contribution in [0.4, 0.5) is 0 Å². The summed E-state index contributed by atoms with van der Waals surface area (Å²) in [7, 11) is 2.18. The molecule has 1 aromatic heterocycles. The molecule has 1 aromatic rings. The van der Waals surface area contributed by atoms with Crippen LogP contribution in [0, 0.1) is 5.92 Å². The van der Waals surface area contributed by atoms with Gasteiger partial charge in [0.15, 0.2) is 0 Å². The number of aromatic nitrogens is 2. The van der Waals surface area contributed by atoms with Gasteiger partial charge < -0.3 is 4.98 Å². The number of nitrogens with zero attached hydrogens (tertiary/aromatic N) is 3. The van der Waals surface area contributed by atoms with E-state index >= 15 is 0 Å². The Hall–Kier alpha value is -0.870. The number of nitrogens with one attached hydrogen (secondary N) is 1. The molecule has 0 aromatic carbocycles. The Morgan fingerprint density at radius 1 is 1.53 bits per heavy atom. The normalized spacial score (nSPS) is 28.4. The van der Waals surface area contributed by atoms with Crippen molar-refractivity contribution in [3.63, 3.8) is 0 Å². The van der Waals surface area contributed by atoms with Crippen molar-refractivity contribution in [1.29, 1.82) is 0 Å². The summed E-state index contributed by atoms with van der Waals surface area (Å²) in [5, 5.41) is 0.